The number of hydrogen-bond acceptors (Lipinski definition) is 5. The molecule has 1 atom stereocenters. The van der Waals surface area contributed by atoms with Gasteiger partial charge in [-0.05, 0) is 54.9 Å². The Hall–Kier alpha value is -4.19. The van der Waals surface area contributed by atoms with Crippen LogP contribution in [0.15, 0.2) is 72.8 Å². The lowest BCUT2D eigenvalue weighted by molar-refractivity contribution is -0.145. The first-order chi connectivity index (χ1) is 20.9. The smallest absolute Gasteiger partial charge is 0.349 e. The summed E-state index contributed by atoms with van der Waals surface area (Å²) in [6, 6.07) is 23.6. The summed E-state index contributed by atoms with van der Waals surface area (Å²) in [6.45, 7) is 8.81. The highest BCUT2D eigenvalue weighted by Crippen LogP contribution is 2.35. The number of aromatic nitrogens is 2. The van der Waals surface area contributed by atoms with Crippen molar-refractivity contribution < 1.29 is 19.4 Å². The van der Waals surface area contributed by atoms with E-state index in [4.69, 9.17) is 19.4 Å². The zero-order valence-electron chi connectivity index (χ0n) is 25.9. The zero-order valence-corrected chi connectivity index (χ0v) is 25.9. The maximum atomic E-state index is 12.4. The van der Waals surface area contributed by atoms with Crippen molar-refractivity contribution in [3.8, 4) is 11.6 Å². The van der Waals surface area contributed by atoms with Crippen molar-refractivity contribution in [3.63, 3.8) is 0 Å². The zero-order chi connectivity index (χ0) is 30.6. The van der Waals surface area contributed by atoms with Gasteiger partial charge in [-0.3, -0.25) is 0 Å². The van der Waals surface area contributed by atoms with E-state index in [1.54, 1.807) is 12.1 Å². The number of carboxylic acids is 1. The summed E-state index contributed by atoms with van der Waals surface area (Å²) in [5, 5.41) is 10.1. The molecule has 0 fully saturated rings. The number of aliphatic carboxylic acids is 1. The van der Waals surface area contributed by atoms with E-state index in [0.29, 0.717) is 36.0 Å². The SMILES string of the molecule is CCCCc1nc(C)nc(OCc2ccccc2)c1Cc1cc(CCC)c(OC(C(=O)O)c2ccccc2)c(CCC)c1. The lowest BCUT2D eigenvalue weighted by Crippen LogP contribution is -2.20. The molecule has 3 aromatic carbocycles. The predicted octanol–water partition coefficient (Wildman–Crippen LogP) is 8.41. The van der Waals surface area contributed by atoms with Gasteiger partial charge in [0, 0.05) is 17.5 Å². The molecule has 6 nitrogen and oxygen atoms in total. The van der Waals surface area contributed by atoms with Crippen LogP contribution in [0, 0.1) is 6.92 Å². The van der Waals surface area contributed by atoms with Crippen LogP contribution in [0.25, 0.3) is 0 Å². The van der Waals surface area contributed by atoms with Crippen LogP contribution >= 0.6 is 0 Å². The van der Waals surface area contributed by atoms with Crippen molar-refractivity contribution in [2.24, 2.45) is 0 Å². The minimum atomic E-state index is -1.08. The molecule has 1 aromatic heterocycles. The molecule has 4 aromatic rings. The minimum Gasteiger partial charge on any atom is -0.478 e. The Kier molecular flexibility index (Phi) is 11.7. The van der Waals surface area contributed by atoms with Crippen LogP contribution in [-0.4, -0.2) is 21.0 Å². The van der Waals surface area contributed by atoms with Gasteiger partial charge in [0.1, 0.15) is 18.2 Å². The second kappa shape index (κ2) is 15.9. The number of aryl methyl sites for hydroxylation is 4. The average molecular weight is 581 g/mol. The highest BCUT2D eigenvalue weighted by Gasteiger charge is 2.25. The second-order valence-corrected chi connectivity index (χ2v) is 11.0. The number of hydrogen-bond donors (Lipinski definition) is 1. The first-order valence-corrected chi connectivity index (χ1v) is 15.6. The molecule has 0 aliphatic rings. The Balaban J connectivity index is 1.75. The van der Waals surface area contributed by atoms with Crippen molar-refractivity contribution in [1.29, 1.82) is 0 Å². The number of ether oxygens (including phenoxy) is 2. The molecule has 226 valence electrons. The van der Waals surface area contributed by atoms with Gasteiger partial charge in [0.2, 0.25) is 12.0 Å². The predicted molar refractivity (Wildman–Crippen MR) is 171 cm³/mol. The molecule has 0 spiro atoms. The topological polar surface area (TPSA) is 81.5 Å². The first kappa shape index (κ1) is 31.7. The molecule has 0 saturated heterocycles. The normalized spacial score (nSPS) is 11.7. The van der Waals surface area contributed by atoms with Gasteiger partial charge in [0.05, 0.1) is 5.69 Å². The van der Waals surface area contributed by atoms with Crippen LogP contribution in [0.1, 0.15) is 97.5 Å². The lowest BCUT2D eigenvalue weighted by Gasteiger charge is -2.22. The molecule has 0 amide bonds. The van der Waals surface area contributed by atoms with Crippen LogP contribution in [-0.2, 0) is 37.1 Å². The molecule has 0 saturated carbocycles. The largest absolute Gasteiger partial charge is 0.478 e. The summed E-state index contributed by atoms with van der Waals surface area (Å²) < 4.78 is 12.8. The standard InChI is InChI=1S/C37H44N2O4/c1-5-8-21-33-32(36(39-26(4)38-33)42-25-27-17-11-9-12-18-27)24-28-22-30(15-6-2)34(31(23-28)16-7-3)43-35(37(40)41)29-19-13-10-14-20-29/h9-14,17-20,22-23,35H,5-8,15-16,21,24-25H2,1-4H3,(H,40,41). The van der Waals surface area contributed by atoms with E-state index in [1.807, 2.05) is 43.3 Å². The number of nitrogens with zero attached hydrogens (tertiary/aromatic N) is 2. The van der Waals surface area contributed by atoms with E-state index in [9.17, 15) is 9.90 Å². The van der Waals surface area contributed by atoms with Crippen molar-refractivity contribution in [1.82, 2.24) is 9.97 Å². The fraction of sp³-hybridized carbons (Fsp3) is 0.378. The molecular formula is C37H44N2O4. The van der Waals surface area contributed by atoms with Gasteiger partial charge in [0.15, 0.2) is 0 Å². The van der Waals surface area contributed by atoms with Gasteiger partial charge in [-0.15, -0.1) is 0 Å². The molecule has 0 aliphatic heterocycles. The molecule has 1 N–H and O–H groups in total. The monoisotopic (exact) mass is 580 g/mol. The van der Waals surface area contributed by atoms with E-state index in [2.05, 4.69) is 45.0 Å². The van der Waals surface area contributed by atoms with E-state index in [-0.39, 0.29) is 0 Å². The lowest BCUT2D eigenvalue weighted by atomic mass is 9.93. The minimum absolute atomic E-state index is 0.433. The Morgan fingerprint density at radius 1 is 0.814 bits per heavy atom. The molecule has 1 unspecified atom stereocenters. The fourth-order valence-corrected chi connectivity index (χ4v) is 5.40. The highest BCUT2D eigenvalue weighted by molar-refractivity contribution is 5.75. The van der Waals surface area contributed by atoms with Gasteiger partial charge in [-0.1, -0.05) is 113 Å². The molecule has 0 bridgehead atoms. The van der Waals surface area contributed by atoms with Gasteiger partial charge in [-0.2, -0.15) is 4.98 Å². The number of carbonyl (C=O) groups is 1. The van der Waals surface area contributed by atoms with Crippen molar-refractivity contribution >= 4 is 5.97 Å². The molecule has 0 aliphatic carbocycles. The van der Waals surface area contributed by atoms with Crippen LogP contribution in [0.4, 0.5) is 0 Å². The molecular weight excluding hydrogens is 536 g/mol. The van der Waals surface area contributed by atoms with Crippen LogP contribution in [0.5, 0.6) is 11.6 Å². The third-order valence-electron chi connectivity index (χ3n) is 7.44. The van der Waals surface area contributed by atoms with E-state index >= 15 is 0 Å². The van der Waals surface area contributed by atoms with E-state index in [1.165, 1.54) is 0 Å². The third kappa shape index (κ3) is 8.66. The number of benzene rings is 3. The van der Waals surface area contributed by atoms with Crippen LogP contribution in [0.3, 0.4) is 0 Å². The summed E-state index contributed by atoms with van der Waals surface area (Å²) in [5.41, 5.74) is 6.94. The fourth-order valence-electron chi connectivity index (χ4n) is 5.40. The maximum absolute atomic E-state index is 12.4. The molecule has 6 heteroatoms. The van der Waals surface area contributed by atoms with Gasteiger partial charge < -0.3 is 14.6 Å². The Labute approximate surface area is 256 Å². The molecule has 43 heavy (non-hydrogen) atoms. The Morgan fingerprint density at radius 3 is 2.02 bits per heavy atom. The first-order valence-electron chi connectivity index (χ1n) is 15.6. The molecule has 1 heterocycles. The van der Waals surface area contributed by atoms with E-state index < -0.39 is 12.1 Å². The summed E-state index contributed by atoms with van der Waals surface area (Å²) in [6.07, 6.45) is 5.90. The Bertz CT molecular complexity index is 1440. The molecule has 4 rings (SSSR count). The third-order valence-corrected chi connectivity index (χ3v) is 7.44. The van der Waals surface area contributed by atoms with Gasteiger partial charge in [0.25, 0.3) is 0 Å². The quantitative estimate of drug-likeness (QED) is 0.143. The van der Waals surface area contributed by atoms with Gasteiger partial charge in [-0.25, -0.2) is 9.78 Å². The second-order valence-electron chi connectivity index (χ2n) is 11.0. The maximum Gasteiger partial charge on any atom is 0.349 e. The molecule has 0 radical (unpaired) electrons. The summed E-state index contributed by atoms with van der Waals surface area (Å²) >= 11 is 0. The van der Waals surface area contributed by atoms with Crippen molar-refractivity contribution in [3.05, 3.63) is 118 Å². The van der Waals surface area contributed by atoms with Crippen LogP contribution < -0.4 is 9.47 Å². The Morgan fingerprint density at radius 2 is 1.44 bits per heavy atom. The van der Waals surface area contributed by atoms with Crippen molar-refractivity contribution in [2.75, 3.05) is 0 Å². The van der Waals surface area contributed by atoms with Gasteiger partial charge >= 0.3 is 5.97 Å². The summed E-state index contributed by atoms with van der Waals surface area (Å²) in [7, 11) is 0. The number of rotatable bonds is 16. The van der Waals surface area contributed by atoms with Crippen LogP contribution in [0.2, 0.25) is 0 Å². The number of carboxylic acid groups (broad SMARTS) is 1. The van der Waals surface area contributed by atoms with E-state index in [0.717, 1.165) is 78.5 Å². The average Bonchev–Trinajstić information content (AvgIpc) is 3.01. The summed E-state index contributed by atoms with van der Waals surface area (Å²) in [4.78, 5) is 22.0. The van der Waals surface area contributed by atoms with Crippen molar-refractivity contribution in [2.45, 2.75) is 91.8 Å². The highest BCUT2D eigenvalue weighted by atomic mass is 16.5. The summed E-state index contributed by atoms with van der Waals surface area (Å²) in [5.74, 6) is 1.03. The number of unbranched alkanes of at least 4 members (excludes halogenated alkanes) is 1.